The average Bonchev–Trinajstić information content (AvgIpc) is 3.24. The topological polar surface area (TPSA) is 30.2 Å². The Bertz CT molecular complexity index is 1110. The third-order valence-electron chi connectivity index (χ3n) is 4.85. The molecule has 3 aromatic carbocycles. The van der Waals surface area contributed by atoms with Crippen LogP contribution in [0.3, 0.4) is 0 Å². The van der Waals surface area contributed by atoms with Gasteiger partial charge in [0.15, 0.2) is 11.5 Å². The number of fused-ring (bicyclic) bond motifs is 1. The molecule has 0 unspecified atom stereocenters. The second-order valence-corrected chi connectivity index (χ2v) is 9.49. The monoisotopic (exact) mass is 410 g/mol. The summed E-state index contributed by atoms with van der Waals surface area (Å²) in [7, 11) is -0.950. The fourth-order valence-corrected chi connectivity index (χ4v) is 5.75. The third kappa shape index (κ3) is 5.00. The van der Waals surface area contributed by atoms with Gasteiger partial charge in [-0.05, 0) is 42.8 Å². The van der Waals surface area contributed by atoms with E-state index < -0.39 is 7.92 Å². The van der Waals surface area contributed by atoms with Crippen LogP contribution < -0.4 is 10.6 Å². The number of pyridine rings is 1. The molecule has 0 aliphatic heterocycles. The van der Waals surface area contributed by atoms with Gasteiger partial charge in [0.1, 0.15) is 6.16 Å². The van der Waals surface area contributed by atoms with Crippen molar-refractivity contribution in [3.8, 4) is 0 Å². The molecule has 0 atom stereocenters. The van der Waals surface area contributed by atoms with E-state index in [0.29, 0.717) is 0 Å². The SMILES string of the molecule is Cc1cccn2nc(C[PH+](c3ccccc3)c3ccccc3)nc12.c1ccccc1. The minimum atomic E-state index is -0.950. The van der Waals surface area contributed by atoms with Crippen molar-refractivity contribution in [3.63, 3.8) is 0 Å². The first kappa shape index (κ1) is 20.0. The maximum atomic E-state index is 4.78. The fraction of sp³-hybridized carbons (Fsp3) is 0.0769. The van der Waals surface area contributed by atoms with Crippen molar-refractivity contribution in [3.05, 3.63) is 127 Å². The Balaban J connectivity index is 0.000000313. The summed E-state index contributed by atoms with van der Waals surface area (Å²) in [5.74, 6) is 0.922. The quantitative estimate of drug-likeness (QED) is 0.386. The van der Waals surface area contributed by atoms with E-state index in [1.807, 2.05) is 53.2 Å². The number of aromatic nitrogens is 3. The van der Waals surface area contributed by atoms with E-state index in [1.54, 1.807) is 0 Å². The van der Waals surface area contributed by atoms with Crippen molar-refractivity contribution in [2.24, 2.45) is 0 Å². The summed E-state index contributed by atoms with van der Waals surface area (Å²) in [4.78, 5) is 4.78. The van der Waals surface area contributed by atoms with Gasteiger partial charge in [-0.1, -0.05) is 78.9 Å². The summed E-state index contributed by atoms with van der Waals surface area (Å²) in [5.41, 5.74) is 2.11. The van der Waals surface area contributed by atoms with E-state index in [4.69, 9.17) is 10.1 Å². The lowest BCUT2D eigenvalue weighted by Gasteiger charge is -2.08. The maximum Gasteiger partial charge on any atom is 0.189 e. The number of hydrogen-bond donors (Lipinski definition) is 0. The summed E-state index contributed by atoms with van der Waals surface area (Å²) in [6.45, 7) is 2.08. The van der Waals surface area contributed by atoms with Crippen LogP contribution in [0.1, 0.15) is 11.4 Å². The van der Waals surface area contributed by atoms with E-state index in [0.717, 1.165) is 23.2 Å². The Hall–Kier alpha value is -3.29. The van der Waals surface area contributed by atoms with E-state index in [9.17, 15) is 0 Å². The van der Waals surface area contributed by atoms with Crippen LogP contribution in [-0.2, 0) is 6.16 Å². The molecule has 0 radical (unpaired) electrons. The van der Waals surface area contributed by atoms with Gasteiger partial charge in [-0.25, -0.2) is 9.50 Å². The molecule has 0 saturated carbocycles. The molecule has 0 bridgehead atoms. The highest BCUT2D eigenvalue weighted by atomic mass is 31.1. The molecule has 5 aromatic rings. The van der Waals surface area contributed by atoms with Crippen molar-refractivity contribution in [1.82, 2.24) is 14.6 Å². The minimum Gasteiger partial charge on any atom is -0.220 e. The van der Waals surface area contributed by atoms with Gasteiger partial charge in [0, 0.05) is 6.20 Å². The van der Waals surface area contributed by atoms with Crippen molar-refractivity contribution in [1.29, 1.82) is 0 Å². The molecule has 0 N–H and O–H groups in total. The van der Waals surface area contributed by atoms with E-state index in [-0.39, 0.29) is 0 Å². The van der Waals surface area contributed by atoms with Crippen LogP contribution in [0.15, 0.2) is 115 Å². The lowest BCUT2D eigenvalue weighted by Crippen LogP contribution is -2.13. The Morgan fingerprint density at radius 1 is 0.667 bits per heavy atom. The Kier molecular flexibility index (Phi) is 6.64. The molecule has 0 saturated heterocycles. The molecular weight excluding hydrogens is 385 g/mol. The molecule has 0 fully saturated rings. The molecule has 3 nitrogen and oxygen atoms in total. The molecule has 0 aliphatic carbocycles. The van der Waals surface area contributed by atoms with Crippen molar-refractivity contribution in [2.75, 3.05) is 0 Å². The Morgan fingerprint density at radius 3 is 1.67 bits per heavy atom. The van der Waals surface area contributed by atoms with Crippen LogP contribution in [-0.4, -0.2) is 14.6 Å². The highest BCUT2D eigenvalue weighted by Gasteiger charge is 2.25. The maximum absolute atomic E-state index is 4.78. The van der Waals surface area contributed by atoms with Gasteiger partial charge in [0.05, 0.1) is 18.5 Å². The summed E-state index contributed by atoms with van der Waals surface area (Å²) < 4.78 is 1.89. The lowest BCUT2D eigenvalue weighted by molar-refractivity contribution is 0.920. The van der Waals surface area contributed by atoms with Gasteiger partial charge in [-0.2, -0.15) is 0 Å². The molecule has 2 heterocycles. The molecule has 30 heavy (non-hydrogen) atoms. The van der Waals surface area contributed by atoms with Crippen LogP contribution in [0.5, 0.6) is 0 Å². The first-order valence-corrected chi connectivity index (χ1v) is 11.8. The van der Waals surface area contributed by atoms with Crippen LogP contribution in [0.2, 0.25) is 0 Å². The largest absolute Gasteiger partial charge is 0.220 e. The first-order chi connectivity index (χ1) is 14.8. The van der Waals surface area contributed by atoms with Gasteiger partial charge in [0.2, 0.25) is 0 Å². The fourth-order valence-electron chi connectivity index (χ4n) is 3.35. The summed E-state index contributed by atoms with van der Waals surface area (Å²) >= 11 is 0. The van der Waals surface area contributed by atoms with Gasteiger partial charge < -0.3 is 0 Å². The molecule has 0 spiro atoms. The van der Waals surface area contributed by atoms with Crippen LogP contribution >= 0.6 is 7.92 Å². The zero-order valence-corrected chi connectivity index (χ0v) is 18.0. The average molecular weight is 410 g/mol. The molecule has 2 aromatic heterocycles. The summed E-state index contributed by atoms with van der Waals surface area (Å²) in [5, 5.41) is 7.48. The first-order valence-electron chi connectivity index (χ1n) is 10.1. The van der Waals surface area contributed by atoms with E-state index in [2.05, 4.69) is 73.7 Å². The Morgan fingerprint density at radius 2 is 1.17 bits per heavy atom. The highest BCUT2D eigenvalue weighted by Crippen LogP contribution is 2.36. The predicted molar refractivity (Wildman–Crippen MR) is 128 cm³/mol. The van der Waals surface area contributed by atoms with Gasteiger partial charge in [-0.15, -0.1) is 5.10 Å². The second kappa shape index (κ2) is 9.96. The molecule has 0 aliphatic rings. The number of nitrogens with zero attached hydrogens (tertiary/aromatic N) is 3. The zero-order chi connectivity index (χ0) is 20.6. The molecule has 5 rings (SSSR count). The molecular formula is C26H25N3P+. The number of hydrogen-bond acceptors (Lipinski definition) is 2. The van der Waals surface area contributed by atoms with Crippen LogP contribution in [0, 0.1) is 6.92 Å². The number of aryl methyl sites for hydroxylation is 1. The second-order valence-electron chi connectivity index (χ2n) is 7.03. The normalized spacial score (nSPS) is 10.6. The van der Waals surface area contributed by atoms with Crippen molar-refractivity contribution >= 4 is 24.2 Å². The predicted octanol–water partition coefficient (Wildman–Crippen LogP) is 5.09. The standard InChI is InChI=1S/C20H18N3P.C6H6/c1-16-9-8-14-23-20(16)21-19(22-23)15-24(17-10-4-2-5-11-17)18-12-6-3-7-13-18;1-2-4-6-5-3-1/h2-14H,15H2,1H3;1-6H/p+1. The lowest BCUT2D eigenvalue weighted by atomic mass is 10.3. The van der Waals surface area contributed by atoms with Gasteiger partial charge in [-0.3, -0.25) is 0 Å². The smallest absolute Gasteiger partial charge is 0.189 e. The third-order valence-corrected chi connectivity index (χ3v) is 7.58. The number of rotatable bonds is 4. The van der Waals surface area contributed by atoms with E-state index in [1.165, 1.54) is 10.6 Å². The Labute approximate surface area is 178 Å². The summed E-state index contributed by atoms with van der Waals surface area (Å²) in [6, 6.07) is 37.6. The zero-order valence-electron chi connectivity index (χ0n) is 17.0. The van der Waals surface area contributed by atoms with Crippen LogP contribution in [0.25, 0.3) is 5.65 Å². The van der Waals surface area contributed by atoms with Gasteiger partial charge >= 0.3 is 0 Å². The van der Waals surface area contributed by atoms with Gasteiger partial charge in [0.25, 0.3) is 0 Å². The molecule has 4 heteroatoms. The number of benzene rings is 3. The molecule has 0 amide bonds. The van der Waals surface area contributed by atoms with Crippen molar-refractivity contribution < 1.29 is 0 Å². The molecule has 148 valence electrons. The summed E-state index contributed by atoms with van der Waals surface area (Å²) in [6.07, 6.45) is 2.86. The van der Waals surface area contributed by atoms with Crippen molar-refractivity contribution in [2.45, 2.75) is 13.1 Å². The van der Waals surface area contributed by atoms with Crippen LogP contribution in [0.4, 0.5) is 0 Å². The minimum absolute atomic E-state index is 0.889. The highest BCUT2D eigenvalue weighted by molar-refractivity contribution is 7.72. The van der Waals surface area contributed by atoms with E-state index >= 15 is 0 Å².